The highest BCUT2D eigenvalue weighted by molar-refractivity contribution is 7.89. The molecule has 9 heteroatoms. The van der Waals surface area contributed by atoms with Gasteiger partial charge < -0.3 is 14.5 Å². The maximum atomic E-state index is 13.2. The highest BCUT2D eigenvalue weighted by atomic mass is 32.2. The first-order valence-electron chi connectivity index (χ1n) is 11.1. The van der Waals surface area contributed by atoms with Crippen molar-refractivity contribution in [3.63, 3.8) is 0 Å². The number of sulfonamides is 1. The first kappa shape index (κ1) is 20.7. The van der Waals surface area contributed by atoms with E-state index in [0.717, 1.165) is 44.0 Å². The number of benzene rings is 1. The molecule has 2 aliphatic heterocycles. The number of hydrogen-bond acceptors (Lipinski definition) is 7. The predicted molar refractivity (Wildman–Crippen MR) is 119 cm³/mol. The van der Waals surface area contributed by atoms with Gasteiger partial charge in [0.05, 0.1) is 18.1 Å². The Balaban J connectivity index is 1.23. The van der Waals surface area contributed by atoms with Gasteiger partial charge in [-0.05, 0) is 61.1 Å². The smallest absolute Gasteiger partial charge is 0.243 e. The van der Waals surface area contributed by atoms with Gasteiger partial charge in [-0.2, -0.15) is 4.31 Å². The molecular weight excluding hydrogens is 414 g/mol. The van der Waals surface area contributed by atoms with Crippen molar-refractivity contribution in [2.45, 2.75) is 30.6 Å². The van der Waals surface area contributed by atoms with E-state index < -0.39 is 10.0 Å². The Labute approximate surface area is 183 Å². The van der Waals surface area contributed by atoms with Crippen molar-refractivity contribution in [2.75, 3.05) is 62.3 Å². The fourth-order valence-electron chi connectivity index (χ4n) is 4.62. The highest BCUT2D eigenvalue weighted by Gasteiger charge is 2.30. The average molecular weight is 444 g/mol. The molecule has 0 radical (unpaired) electrons. The summed E-state index contributed by atoms with van der Waals surface area (Å²) in [5.74, 6) is 1.66. The molecule has 0 saturated carbocycles. The SMILES string of the molecule is O=S(=O)(c1ccc2c(c1)CCCC2)N1CCN(c2ccc(N3CCOCC3)nn2)CC1. The Hall–Kier alpha value is -2.23. The first-order chi connectivity index (χ1) is 15.1. The second kappa shape index (κ2) is 8.72. The lowest BCUT2D eigenvalue weighted by Gasteiger charge is -2.35. The molecular formula is C22H29N5O3S. The number of rotatable bonds is 4. The Morgan fingerprint density at radius 3 is 2.00 bits per heavy atom. The molecule has 1 aliphatic carbocycles. The van der Waals surface area contributed by atoms with Crippen LogP contribution in [0.25, 0.3) is 0 Å². The van der Waals surface area contributed by atoms with Crippen LogP contribution < -0.4 is 9.80 Å². The Bertz CT molecular complexity index is 1010. The highest BCUT2D eigenvalue weighted by Crippen LogP contribution is 2.27. The van der Waals surface area contributed by atoms with Crippen LogP contribution in [0.5, 0.6) is 0 Å². The van der Waals surface area contributed by atoms with Gasteiger partial charge in [0, 0.05) is 39.3 Å². The number of hydrogen-bond donors (Lipinski definition) is 0. The number of nitrogens with zero attached hydrogens (tertiary/aromatic N) is 5. The van der Waals surface area contributed by atoms with E-state index in [1.807, 2.05) is 24.3 Å². The molecule has 5 rings (SSSR count). The van der Waals surface area contributed by atoms with Crippen LogP contribution in [-0.2, 0) is 27.6 Å². The predicted octanol–water partition coefficient (Wildman–Crippen LogP) is 1.70. The van der Waals surface area contributed by atoms with Crippen LogP contribution in [0.2, 0.25) is 0 Å². The number of fused-ring (bicyclic) bond motifs is 1. The largest absolute Gasteiger partial charge is 0.378 e. The summed E-state index contributed by atoms with van der Waals surface area (Å²) in [6.45, 7) is 5.19. The van der Waals surface area contributed by atoms with Gasteiger partial charge in [-0.25, -0.2) is 8.42 Å². The summed E-state index contributed by atoms with van der Waals surface area (Å²) >= 11 is 0. The van der Waals surface area contributed by atoms with E-state index in [0.29, 0.717) is 44.3 Å². The van der Waals surface area contributed by atoms with E-state index in [-0.39, 0.29) is 0 Å². The van der Waals surface area contributed by atoms with Gasteiger partial charge in [0.25, 0.3) is 0 Å². The number of piperazine rings is 1. The lowest BCUT2D eigenvalue weighted by Crippen LogP contribution is -2.49. The lowest BCUT2D eigenvalue weighted by molar-refractivity contribution is 0.122. The summed E-state index contributed by atoms with van der Waals surface area (Å²) in [4.78, 5) is 4.70. The quantitative estimate of drug-likeness (QED) is 0.712. The van der Waals surface area contributed by atoms with Crippen molar-refractivity contribution in [1.29, 1.82) is 0 Å². The number of aryl methyl sites for hydroxylation is 2. The summed E-state index contributed by atoms with van der Waals surface area (Å²) in [6, 6.07) is 9.65. The third kappa shape index (κ3) is 4.26. The van der Waals surface area contributed by atoms with Gasteiger partial charge in [-0.15, -0.1) is 10.2 Å². The minimum absolute atomic E-state index is 0.427. The van der Waals surface area contributed by atoms with Gasteiger partial charge in [0.15, 0.2) is 11.6 Å². The van der Waals surface area contributed by atoms with Crippen LogP contribution >= 0.6 is 0 Å². The molecule has 2 aromatic rings. The van der Waals surface area contributed by atoms with Crippen LogP contribution in [0.3, 0.4) is 0 Å². The van der Waals surface area contributed by atoms with Crippen LogP contribution in [0.15, 0.2) is 35.2 Å². The molecule has 31 heavy (non-hydrogen) atoms. The molecule has 1 aromatic carbocycles. The Kier molecular flexibility index (Phi) is 5.81. The minimum atomic E-state index is -3.47. The van der Waals surface area contributed by atoms with Crippen LogP contribution in [-0.4, -0.2) is 75.4 Å². The summed E-state index contributed by atoms with van der Waals surface area (Å²) in [6.07, 6.45) is 4.36. The first-order valence-corrected chi connectivity index (χ1v) is 12.6. The van der Waals surface area contributed by atoms with Crippen molar-refractivity contribution in [3.8, 4) is 0 Å². The van der Waals surface area contributed by atoms with E-state index in [1.54, 1.807) is 10.4 Å². The number of anilines is 2. The van der Waals surface area contributed by atoms with Crippen molar-refractivity contribution in [2.24, 2.45) is 0 Å². The molecule has 0 amide bonds. The molecule has 1 aromatic heterocycles. The Morgan fingerprint density at radius 1 is 0.742 bits per heavy atom. The number of ether oxygens (including phenoxy) is 1. The maximum Gasteiger partial charge on any atom is 0.243 e. The number of aromatic nitrogens is 2. The molecule has 2 saturated heterocycles. The molecule has 0 bridgehead atoms. The van der Waals surface area contributed by atoms with E-state index in [9.17, 15) is 8.42 Å². The Morgan fingerprint density at radius 2 is 1.35 bits per heavy atom. The molecule has 0 unspecified atom stereocenters. The molecule has 8 nitrogen and oxygen atoms in total. The minimum Gasteiger partial charge on any atom is -0.378 e. The van der Waals surface area contributed by atoms with E-state index >= 15 is 0 Å². The van der Waals surface area contributed by atoms with Crippen molar-refractivity contribution in [3.05, 3.63) is 41.5 Å². The van der Waals surface area contributed by atoms with Crippen LogP contribution in [0.4, 0.5) is 11.6 Å². The third-order valence-corrected chi connectivity index (χ3v) is 8.39. The molecule has 3 aliphatic rings. The maximum absolute atomic E-state index is 13.2. The molecule has 2 fully saturated rings. The van der Waals surface area contributed by atoms with Gasteiger partial charge in [-0.1, -0.05) is 6.07 Å². The zero-order chi connectivity index (χ0) is 21.3. The van der Waals surface area contributed by atoms with Gasteiger partial charge in [0.1, 0.15) is 0 Å². The topological polar surface area (TPSA) is 78.9 Å². The van der Waals surface area contributed by atoms with Crippen molar-refractivity contribution >= 4 is 21.7 Å². The summed E-state index contributed by atoms with van der Waals surface area (Å²) in [7, 11) is -3.47. The van der Waals surface area contributed by atoms with Gasteiger partial charge in [-0.3, -0.25) is 0 Å². The average Bonchev–Trinajstić information content (AvgIpc) is 2.84. The zero-order valence-corrected chi connectivity index (χ0v) is 18.6. The lowest BCUT2D eigenvalue weighted by atomic mass is 9.92. The fourth-order valence-corrected chi connectivity index (χ4v) is 6.10. The molecule has 0 N–H and O–H groups in total. The second-order valence-electron chi connectivity index (χ2n) is 8.38. The standard InChI is InChI=1S/C22H29N5O3S/c28-31(29,20-6-5-18-3-1-2-4-19(18)17-20)27-11-9-25(10-12-27)21-7-8-22(24-23-21)26-13-15-30-16-14-26/h5-8,17H,1-4,9-16H2. The van der Waals surface area contributed by atoms with Crippen molar-refractivity contribution < 1.29 is 13.2 Å². The third-order valence-electron chi connectivity index (χ3n) is 6.49. The van der Waals surface area contributed by atoms with E-state index in [1.165, 1.54) is 17.5 Å². The summed E-state index contributed by atoms with van der Waals surface area (Å²) < 4.78 is 33.4. The molecule has 0 spiro atoms. The van der Waals surface area contributed by atoms with Gasteiger partial charge in [0.2, 0.25) is 10.0 Å². The van der Waals surface area contributed by atoms with Crippen LogP contribution in [0, 0.1) is 0 Å². The normalized spacial score (nSPS) is 20.5. The summed E-state index contributed by atoms with van der Waals surface area (Å²) in [5.41, 5.74) is 2.50. The van der Waals surface area contributed by atoms with E-state index in [4.69, 9.17) is 4.74 Å². The second-order valence-corrected chi connectivity index (χ2v) is 10.3. The van der Waals surface area contributed by atoms with Gasteiger partial charge >= 0.3 is 0 Å². The summed E-state index contributed by atoms with van der Waals surface area (Å²) in [5, 5.41) is 8.78. The molecule has 3 heterocycles. The monoisotopic (exact) mass is 443 g/mol. The molecule has 0 atom stereocenters. The number of morpholine rings is 1. The molecule has 166 valence electrons. The fraction of sp³-hybridized carbons (Fsp3) is 0.545. The zero-order valence-electron chi connectivity index (χ0n) is 17.7. The van der Waals surface area contributed by atoms with Crippen molar-refractivity contribution in [1.82, 2.24) is 14.5 Å². The van der Waals surface area contributed by atoms with E-state index in [2.05, 4.69) is 20.0 Å². The van der Waals surface area contributed by atoms with Crippen LogP contribution in [0.1, 0.15) is 24.0 Å².